The molecule has 0 atom stereocenters. The molecule has 126 valence electrons. The summed E-state index contributed by atoms with van der Waals surface area (Å²) in [4.78, 5) is 24.6. The first-order valence-corrected chi connectivity index (χ1v) is 7.06. The first kappa shape index (κ1) is 17.5. The summed E-state index contributed by atoms with van der Waals surface area (Å²) in [6, 6.07) is 8.33. The van der Waals surface area contributed by atoms with Crippen LogP contribution in [0, 0.1) is 17.5 Å². The van der Waals surface area contributed by atoms with E-state index in [1.165, 1.54) is 11.8 Å². The number of amides is 2. The zero-order valence-electron chi connectivity index (χ0n) is 13.1. The highest BCUT2D eigenvalue weighted by Gasteiger charge is 2.15. The van der Waals surface area contributed by atoms with Crippen LogP contribution < -0.4 is 10.2 Å². The van der Waals surface area contributed by atoms with Crippen LogP contribution in [0.1, 0.15) is 12.5 Å². The maximum Gasteiger partial charge on any atom is 0.228 e. The number of carbonyl (C=O) groups is 2. The lowest BCUT2D eigenvalue weighted by molar-refractivity contribution is -0.116. The SMILES string of the molecule is CC(=O)N(C)c1ccc(CC(=O)Nc2ccc(F)c(F)c2F)cc1. The van der Waals surface area contributed by atoms with Crippen molar-refractivity contribution in [1.82, 2.24) is 0 Å². The molecule has 2 aromatic carbocycles. The molecule has 0 heterocycles. The Balaban J connectivity index is 2.05. The molecule has 0 radical (unpaired) electrons. The van der Waals surface area contributed by atoms with Gasteiger partial charge >= 0.3 is 0 Å². The van der Waals surface area contributed by atoms with Gasteiger partial charge < -0.3 is 10.2 Å². The Morgan fingerprint density at radius 1 is 1.00 bits per heavy atom. The van der Waals surface area contributed by atoms with E-state index in [9.17, 15) is 22.8 Å². The van der Waals surface area contributed by atoms with Gasteiger partial charge in [-0.3, -0.25) is 9.59 Å². The smallest absolute Gasteiger partial charge is 0.228 e. The molecule has 0 saturated carbocycles. The average Bonchev–Trinajstić information content (AvgIpc) is 2.55. The number of halogens is 3. The Morgan fingerprint density at radius 3 is 2.21 bits per heavy atom. The van der Waals surface area contributed by atoms with Crippen molar-refractivity contribution >= 4 is 23.2 Å². The first-order chi connectivity index (χ1) is 11.3. The van der Waals surface area contributed by atoms with Gasteiger partial charge in [-0.25, -0.2) is 13.2 Å². The minimum absolute atomic E-state index is 0.0809. The van der Waals surface area contributed by atoms with E-state index in [2.05, 4.69) is 5.32 Å². The highest BCUT2D eigenvalue weighted by Crippen LogP contribution is 2.20. The van der Waals surface area contributed by atoms with E-state index < -0.39 is 29.0 Å². The summed E-state index contributed by atoms with van der Waals surface area (Å²) in [6.45, 7) is 1.43. The predicted octanol–water partition coefficient (Wildman–Crippen LogP) is 3.27. The van der Waals surface area contributed by atoms with Crippen molar-refractivity contribution in [1.29, 1.82) is 0 Å². The lowest BCUT2D eigenvalue weighted by Crippen LogP contribution is -2.22. The largest absolute Gasteiger partial charge is 0.323 e. The van der Waals surface area contributed by atoms with Crippen molar-refractivity contribution in [3.63, 3.8) is 0 Å². The Bertz CT molecular complexity index is 776. The standard InChI is InChI=1S/C17H15F3N2O2/c1-10(23)22(2)12-5-3-11(4-6-12)9-15(24)21-14-8-7-13(18)16(19)17(14)20/h3-8H,9H2,1-2H3,(H,21,24). The molecule has 1 N–H and O–H groups in total. The third-order valence-corrected chi connectivity index (χ3v) is 3.47. The van der Waals surface area contributed by atoms with Crippen molar-refractivity contribution in [2.45, 2.75) is 13.3 Å². The fourth-order valence-electron chi connectivity index (χ4n) is 2.02. The second kappa shape index (κ2) is 7.16. The quantitative estimate of drug-likeness (QED) is 0.871. The Labute approximate surface area is 136 Å². The van der Waals surface area contributed by atoms with Gasteiger partial charge in [-0.1, -0.05) is 12.1 Å². The van der Waals surface area contributed by atoms with Gasteiger partial charge in [-0.2, -0.15) is 0 Å². The van der Waals surface area contributed by atoms with Gasteiger partial charge in [0, 0.05) is 19.7 Å². The van der Waals surface area contributed by atoms with Gasteiger partial charge in [0.25, 0.3) is 0 Å². The second-order valence-electron chi connectivity index (χ2n) is 5.19. The summed E-state index contributed by atoms with van der Waals surface area (Å²) >= 11 is 0. The minimum atomic E-state index is -1.63. The summed E-state index contributed by atoms with van der Waals surface area (Å²) < 4.78 is 39.5. The lowest BCUT2D eigenvalue weighted by Gasteiger charge is -2.15. The van der Waals surface area contributed by atoms with E-state index in [4.69, 9.17) is 0 Å². The first-order valence-electron chi connectivity index (χ1n) is 7.06. The van der Waals surface area contributed by atoms with Crippen molar-refractivity contribution in [2.75, 3.05) is 17.3 Å². The fourth-order valence-corrected chi connectivity index (χ4v) is 2.02. The Morgan fingerprint density at radius 2 is 1.62 bits per heavy atom. The van der Waals surface area contributed by atoms with E-state index in [1.807, 2.05) is 0 Å². The highest BCUT2D eigenvalue weighted by atomic mass is 19.2. The third kappa shape index (κ3) is 3.92. The number of benzene rings is 2. The average molecular weight is 336 g/mol. The summed E-state index contributed by atoms with van der Waals surface area (Å²) in [6.07, 6.45) is -0.0809. The van der Waals surface area contributed by atoms with Crippen LogP contribution in [0.25, 0.3) is 0 Å². The summed E-state index contributed by atoms with van der Waals surface area (Å²) in [5.74, 6) is -5.11. The van der Waals surface area contributed by atoms with Gasteiger partial charge in [0.05, 0.1) is 12.1 Å². The van der Waals surface area contributed by atoms with E-state index in [-0.39, 0.29) is 12.3 Å². The van der Waals surface area contributed by atoms with Gasteiger partial charge in [0.2, 0.25) is 11.8 Å². The second-order valence-corrected chi connectivity index (χ2v) is 5.19. The fraction of sp³-hybridized carbons (Fsp3) is 0.176. The third-order valence-electron chi connectivity index (χ3n) is 3.47. The van der Waals surface area contributed by atoms with E-state index in [1.54, 1.807) is 31.3 Å². The molecule has 24 heavy (non-hydrogen) atoms. The highest BCUT2D eigenvalue weighted by molar-refractivity contribution is 5.93. The molecule has 2 amide bonds. The number of nitrogens with one attached hydrogen (secondary N) is 1. The van der Waals surface area contributed by atoms with E-state index in [0.717, 1.165) is 12.1 Å². The molecule has 0 spiro atoms. The van der Waals surface area contributed by atoms with Gasteiger partial charge in [-0.05, 0) is 29.8 Å². The minimum Gasteiger partial charge on any atom is -0.323 e. The molecule has 2 rings (SSSR count). The summed E-state index contributed by atoms with van der Waals surface area (Å²) in [7, 11) is 1.62. The Kier molecular flexibility index (Phi) is 5.23. The van der Waals surface area contributed by atoms with Crippen LogP contribution >= 0.6 is 0 Å². The molecule has 4 nitrogen and oxygen atoms in total. The molecule has 0 aliphatic rings. The molecule has 7 heteroatoms. The molecule has 0 unspecified atom stereocenters. The van der Waals surface area contributed by atoms with E-state index in [0.29, 0.717) is 11.3 Å². The van der Waals surface area contributed by atoms with Crippen molar-refractivity contribution in [3.05, 3.63) is 59.4 Å². The van der Waals surface area contributed by atoms with Crippen LogP contribution in [0.2, 0.25) is 0 Å². The summed E-state index contributed by atoms with van der Waals surface area (Å²) in [5.41, 5.74) is 0.862. The molecule has 0 aliphatic carbocycles. The number of rotatable bonds is 4. The van der Waals surface area contributed by atoms with Crippen LogP contribution in [-0.4, -0.2) is 18.9 Å². The van der Waals surface area contributed by atoms with Crippen LogP contribution in [0.15, 0.2) is 36.4 Å². The molecule has 0 aromatic heterocycles. The van der Waals surface area contributed by atoms with Gasteiger partial charge in [0.1, 0.15) is 0 Å². The number of nitrogens with zero attached hydrogens (tertiary/aromatic N) is 1. The maximum atomic E-state index is 13.5. The van der Waals surface area contributed by atoms with Crippen LogP contribution in [0.5, 0.6) is 0 Å². The zero-order chi connectivity index (χ0) is 17.9. The molecule has 2 aromatic rings. The van der Waals surface area contributed by atoms with Gasteiger partial charge in [0.15, 0.2) is 17.5 Å². The van der Waals surface area contributed by atoms with Crippen molar-refractivity contribution < 1.29 is 22.8 Å². The van der Waals surface area contributed by atoms with Crippen LogP contribution in [0.4, 0.5) is 24.5 Å². The normalized spacial score (nSPS) is 10.4. The topological polar surface area (TPSA) is 49.4 Å². The van der Waals surface area contributed by atoms with Crippen LogP contribution in [-0.2, 0) is 16.0 Å². The lowest BCUT2D eigenvalue weighted by atomic mass is 10.1. The number of hydrogen-bond acceptors (Lipinski definition) is 2. The van der Waals surface area contributed by atoms with E-state index >= 15 is 0 Å². The maximum absolute atomic E-state index is 13.5. The molecule has 0 bridgehead atoms. The summed E-state index contributed by atoms with van der Waals surface area (Å²) in [5, 5.41) is 2.20. The van der Waals surface area contributed by atoms with Crippen LogP contribution in [0.3, 0.4) is 0 Å². The van der Waals surface area contributed by atoms with Crippen molar-refractivity contribution in [2.24, 2.45) is 0 Å². The number of anilines is 2. The monoisotopic (exact) mass is 336 g/mol. The van der Waals surface area contributed by atoms with Crippen molar-refractivity contribution in [3.8, 4) is 0 Å². The number of carbonyl (C=O) groups excluding carboxylic acids is 2. The molecular weight excluding hydrogens is 321 g/mol. The molecular formula is C17H15F3N2O2. The molecule has 0 saturated heterocycles. The number of hydrogen-bond donors (Lipinski definition) is 1. The van der Waals surface area contributed by atoms with Gasteiger partial charge in [-0.15, -0.1) is 0 Å². The predicted molar refractivity (Wildman–Crippen MR) is 84.2 cm³/mol. The molecule has 0 aliphatic heterocycles. The Hall–Kier alpha value is -2.83. The molecule has 0 fully saturated rings. The zero-order valence-corrected chi connectivity index (χ0v) is 13.1.